The van der Waals surface area contributed by atoms with Crippen LogP contribution in [-0.4, -0.2) is 29.3 Å². The summed E-state index contributed by atoms with van der Waals surface area (Å²) >= 11 is 0. The van der Waals surface area contributed by atoms with Crippen molar-refractivity contribution in [2.24, 2.45) is 7.05 Å². The van der Waals surface area contributed by atoms with Crippen LogP contribution in [0.1, 0.15) is 12.6 Å². The van der Waals surface area contributed by atoms with Crippen LogP contribution in [0.25, 0.3) is 33.5 Å². The van der Waals surface area contributed by atoms with E-state index in [0.717, 1.165) is 45.8 Å². The largest absolute Gasteiger partial charge is 0.337 e. The van der Waals surface area contributed by atoms with Gasteiger partial charge in [-0.15, -0.1) is 0 Å². The molecule has 0 aliphatic rings. The summed E-state index contributed by atoms with van der Waals surface area (Å²) in [5.41, 5.74) is 5.73. The van der Waals surface area contributed by atoms with Gasteiger partial charge in [-0.25, -0.2) is 9.97 Å². The summed E-state index contributed by atoms with van der Waals surface area (Å²) in [6.07, 6.45) is 7.45. The third-order valence-electron chi connectivity index (χ3n) is 4.34. The van der Waals surface area contributed by atoms with Crippen LogP contribution in [0.2, 0.25) is 0 Å². The molecule has 0 N–H and O–H groups in total. The normalized spacial score (nSPS) is 11.3. The van der Waals surface area contributed by atoms with Crippen LogP contribution in [0.4, 0.5) is 0 Å². The quantitative estimate of drug-likeness (QED) is 0.582. The van der Waals surface area contributed by atoms with Gasteiger partial charge < -0.3 is 4.57 Å². The second kappa shape index (κ2) is 5.56. The highest BCUT2D eigenvalue weighted by Crippen LogP contribution is 2.32. The molecular weight excluding hydrogens is 300 g/mol. The summed E-state index contributed by atoms with van der Waals surface area (Å²) in [7, 11) is 1.94. The Labute approximate surface area is 139 Å². The van der Waals surface area contributed by atoms with Crippen molar-refractivity contribution in [2.45, 2.75) is 20.4 Å². The molecular formula is C18H18N6. The average molecular weight is 318 g/mol. The molecule has 0 saturated carbocycles. The minimum atomic E-state index is 0.741. The first-order valence-corrected chi connectivity index (χ1v) is 7.94. The van der Waals surface area contributed by atoms with E-state index in [1.54, 1.807) is 12.4 Å². The van der Waals surface area contributed by atoms with Crippen LogP contribution in [0, 0.1) is 6.92 Å². The smallest absolute Gasteiger partial charge is 0.182 e. The van der Waals surface area contributed by atoms with Crippen LogP contribution >= 0.6 is 0 Å². The maximum absolute atomic E-state index is 4.74. The van der Waals surface area contributed by atoms with E-state index < -0.39 is 0 Å². The molecule has 4 aromatic heterocycles. The zero-order chi connectivity index (χ0) is 16.7. The number of pyridine rings is 2. The third kappa shape index (κ3) is 2.27. The average Bonchev–Trinajstić information content (AvgIpc) is 3.20. The summed E-state index contributed by atoms with van der Waals surface area (Å²) in [6.45, 7) is 5.04. The van der Waals surface area contributed by atoms with Gasteiger partial charge in [0.15, 0.2) is 5.65 Å². The molecule has 0 radical (unpaired) electrons. The highest BCUT2D eigenvalue weighted by Gasteiger charge is 2.16. The fraction of sp³-hybridized carbons (Fsp3) is 0.222. The molecule has 0 atom stereocenters. The number of imidazole rings is 1. The van der Waals surface area contributed by atoms with Crippen molar-refractivity contribution in [3.8, 4) is 22.5 Å². The molecule has 4 rings (SSSR count). The first-order valence-electron chi connectivity index (χ1n) is 7.94. The molecule has 6 heteroatoms. The molecule has 4 aromatic rings. The molecule has 0 bridgehead atoms. The molecule has 0 aliphatic carbocycles. The van der Waals surface area contributed by atoms with Gasteiger partial charge in [-0.05, 0) is 43.2 Å². The topological polar surface area (TPSA) is 61.4 Å². The van der Waals surface area contributed by atoms with E-state index in [9.17, 15) is 0 Å². The van der Waals surface area contributed by atoms with Crippen LogP contribution in [0.3, 0.4) is 0 Å². The first-order chi connectivity index (χ1) is 11.7. The predicted molar refractivity (Wildman–Crippen MR) is 93.4 cm³/mol. The van der Waals surface area contributed by atoms with Gasteiger partial charge in [0, 0.05) is 43.3 Å². The zero-order valence-electron chi connectivity index (χ0n) is 13.9. The van der Waals surface area contributed by atoms with E-state index in [0.29, 0.717) is 0 Å². The lowest BCUT2D eigenvalue weighted by Gasteiger charge is -2.06. The molecule has 0 aliphatic heterocycles. The van der Waals surface area contributed by atoms with Crippen molar-refractivity contribution >= 4 is 11.0 Å². The minimum absolute atomic E-state index is 0.741. The Balaban J connectivity index is 2.01. The van der Waals surface area contributed by atoms with Gasteiger partial charge in [-0.2, -0.15) is 5.10 Å². The number of nitrogens with zero attached hydrogens (tertiary/aromatic N) is 6. The van der Waals surface area contributed by atoms with Crippen LogP contribution in [0.5, 0.6) is 0 Å². The Morgan fingerprint density at radius 3 is 2.62 bits per heavy atom. The lowest BCUT2D eigenvalue weighted by atomic mass is 10.0. The molecule has 24 heavy (non-hydrogen) atoms. The molecule has 0 spiro atoms. The van der Waals surface area contributed by atoms with Crippen molar-refractivity contribution in [1.82, 2.24) is 29.3 Å². The fourth-order valence-electron chi connectivity index (χ4n) is 2.90. The number of aromatic nitrogens is 6. The molecule has 0 saturated heterocycles. The van der Waals surface area contributed by atoms with E-state index in [-0.39, 0.29) is 0 Å². The first kappa shape index (κ1) is 14.6. The maximum atomic E-state index is 4.74. The summed E-state index contributed by atoms with van der Waals surface area (Å²) in [6, 6.07) is 6.11. The van der Waals surface area contributed by atoms with Gasteiger partial charge in [0.2, 0.25) is 0 Å². The lowest BCUT2D eigenvalue weighted by molar-refractivity contribution is 0.748. The van der Waals surface area contributed by atoms with Gasteiger partial charge in [-0.1, -0.05) is 0 Å². The Kier molecular flexibility index (Phi) is 3.37. The van der Waals surface area contributed by atoms with Gasteiger partial charge in [-0.3, -0.25) is 9.67 Å². The summed E-state index contributed by atoms with van der Waals surface area (Å²) in [4.78, 5) is 13.3. The summed E-state index contributed by atoms with van der Waals surface area (Å²) in [5.74, 6) is 0. The Hall–Kier alpha value is -3.02. The maximum Gasteiger partial charge on any atom is 0.182 e. The van der Waals surface area contributed by atoms with E-state index in [2.05, 4.69) is 35.0 Å². The lowest BCUT2D eigenvalue weighted by Crippen LogP contribution is -1.91. The van der Waals surface area contributed by atoms with Crippen molar-refractivity contribution in [2.75, 3.05) is 0 Å². The monoisotopic (exact) mass is 318 g/mol. The van der Waals surface area contributed by atoms with E-state index in [4.69, 9.17) is 4.98 Å². The van der Waals surface area contributed by atoms with Crippen LogP contribution < -0.4 is 0 Å². The second-order valence-electron chi connectivity index (χ2n) is 5.79. The van der Waals surface area contributed by atoms with Crippen molar-refractivity contribution in [3.05, 3.63) is 48.8 Å². The second-order valence-corrected chi connectivity index (χ2v) is 5.79. The third-order valence-corrected chi connectivity index (χ3v) is 4.34. The molecule has 0 aromatic carbocycles. The van der Waals surface area contributed by atoms with E-state index in [1.165, 1.54) is 0 Å². The highest BCUT2D eigenvalue weighted by molar-refractivity contribution is 5.96. The Morgan fingerprint density at radius 1 is 1.12 bits per heavy atom. The molecule has 0 amide bonds. The standard InChI is InChI=1S/C18H18N6/c1-4-24-10-16(20-11-24)15-9-14(13-5-7-19-8-6-13)17-12(2)23(3)22-18(17)21-15/h5-11H,4H2,1-3H3. The highest BCUT2D eigenvalue weighted by atomic mass is 15.3. The van der Waals surface area contributed by atoms with Gasteiger partial charge in [0.1, 0.15) is 5.69 Å². The van der Waals surface area contributed by atoms with Crippen molar-refractivity contribution in [3.63, 3.8) is 0 Å². The minimum Gasteiger partial charge on any atom is -0.337 e. The van der Waals surface area contributed by atoms with E-state index in [1.807, 2.05) is 41.0 Å². The van der Waals surface area contributed by atoms with Crippen molar-refractivity contribution < 1.29 is 0 Å². The summed E-state index contributed by atoms with van der Waals surface area (Å²) < 4.78 is 3.91. The molecule has 4 heterocycles. The van der Waals surface area contributed by atoms with Gasteiger partial charge in [0.05, 0.1) is 12.0 Å². The molecule has 0 fully saturated rings. The Bertz CT molecular complexity index is 1010. The van der Waals surface area contributed by atoms with Gasteiger partial charge >= 0.3 is 0 Å². The number of fused-ring (bicyclic) bond motifs is 1. The van der Waals surface area contributed by atoms with Gasteiger partial charge in [0.25, 0.3) is 0 Å². The number of aryl methyl sites for hydroxylation is 3. The van der Waals surface area contributed by atoms with Crippen LogP contribution in [0.15, 0.2) is 43.1 Å². The zero-order valence-corrected chi connectivity index (χ0v) is 13.9. The summed E-state index contributed by atoms with van der Waals surface area (Å²) in [5, 5.41) is 5.64. The van der Waals surface area contributed by atoms with E-state index >= 15 is 0 Å². The molecule has 120 valence electrons. The Morgan fingerprint density at radius 2 is 1.92 bits per heavy atom. The number of hydrogen-bond acceptors (Lipinski definition) is 4. The molecule has 6 nitrogen and oxygen atoms in total. The fourth-order valence-corrected chi connectivity index (χ4v) is 2.90. The number of rotatable bonds is 3. The predicted octanol–water partition coefficient (Wildman–Crippen LogP) is 3.22. The molecule has 0 unspecified atom stereocenters. The van der Waals surface area contributed by atoms with Crippen molar-refractivity contribution in [1.29, 1.82) is 0 Å². The number of hydrogen-bond donors (Lipinski definition) is 0. The SMILES string of the molecule is CCn1cnc(-c2cc(-c3ccncc3)c3c(C)n(C)nc3n2)c1. The van der Waals surface area contributed by atoms with Crippen LogP contribution in [-0.2, 0) is 13.6 Å².